The summed E-state index contributed by atoms with van der Waals surface area (Å²) in [6, 6.07) is 0. The average Bonchev–Trinajstić information content (AvgIpc) is 3.72. The van der Waals surface area contributed by atoms with Gasteiger partial charge in [0, 0.05) is 38.6 Å². The van der Waals surface area contributed by atoms with Crippen LogP contribution in [0.5, 0.6) is 0 Å². The Hall–Kier alpha value is -3.46. The molecule has 0 aliphatic carbocycles. The second kappa shape index (κ2) is 30.9. The molecular weight excluding hydrogens is 1040 g/mol. The summed E-state index contributed by atoms with van der Waals surface area (Å²) in [5, 5.41) is 137. The molecule has 31 nitrogen and oxygen atoms in total. The molecule has 0 aromatic carbocycles. The highest BCUT2D eigenvalue weighted by atomic mass is 16.8. The van der Waals surface area contributed by atoms with Gasteiger partial charge in [-0.3, -0.25) is 28.9 Å². The van der Waals surface area contributed by atoms with Crippen LogP contribution in [0.2, 0.25) is 0 Å². The number of nitrogens with one attached hydrogen (secondary N) is 1. The second-order valence-electron chi connectivity index (χ2n) is 19.4. The summed E-state index contributed by atoms with van der Waals surface area (Å²) in [6.07, 6.45) is -31.6. The monoisotopic (exact) mass is 1120 g/mol. The largest absolute Gasteiger partial charge is 0.394 e. The molecule has 0 saturated carbocycles. The maximum atomic E-state index is 13.3. The van der Waals surface area contributed by atoms with Crippen LogP contribution >= 0.6 is 0 Å². The van der Waals surface area contributed by atoms with Gasteiger partial charge in [0.25, 0.3) is 11.8 Å². The van der Waals surface area contributed by atoms with Gasteiger partial charge in [-0.25, -0.2) is 4.79 Å². The minimum Gasteiger partial charge on any atom is -0.394 e. The molecule has 0 aromatic heterocycles. The number of nitrogens with zero attached hydrogens (tertiary/aromatic N) is 2. The van der Waals surface area contributed by atoms with E-state index in [2.05, 4.69) is 5.32 Å². The zero-order valence-electron chi connectivity index (χ0n) is 42.3. The van der Waals surface area contributed by atoms with Crippen LogP contribution in [0.3, 0.4) is 0 Å². The first-order chi connectivity index (χ1) is 36.6. The molecular formula is C46H75N3O28. The van der Waals surface area contributed by atoms with Gasteiger partial charge in [0.15, 0.2) is 25.2 Å². The molecule has 31 heteroatoms. The first kappa shape index (κ1) is 64.4. The average molecular weight is 1120 g/mol. The molecule has 5 saturated heterocycles. The summed E-state index contributed by atoms with van der Waals surface area (Å²) in [4.78, 5) is 81.4. The van der Waals surface area contributed by atoms with Crippen molar-refractivity contribution in [2.75, 3.05) is 59.2 Å². The van der Waals surface area contributed by atoms with E-state index in [0.29, 0.717) is 30.7 Å². The van der Waals surface area contributed by atoms with E-state index in [9.17, 15) is 95.2 Å². The minimum atomic E-state index is -1.99. The number of hydroxylamine groups is 2. The first-order valence-corrected chi connectivity index (χ1v) is 25.5. The number of amides is 3. The van der Waals surface area contributed by atoms with E-state index in [1.807, 2.05) is 0 Å². The number of rotatable bonds is 30. The summed E-state index contributed by atoms with van der Waals surface area (Å²) in [5.41, 5.74) is 0. The molecule has 5 heterocycles. The molecule has 77 heavy (non-hydrogen) atoms. The second-order valence-corrected chi connectivity index (χ2v) is 19.4. The summed E-state index contributed by atoms with van der Waals surface area (Å²) >= 11 is 0. The molecule has 3 amide bonds. The third kappa shape index (κ3) is 18.0. The van der Waals surface area contributed by atoms with Gasteiger partial charge >= 0.3 is 5.97 Å². The fourth-order valence-corrected chi connectivity index (χ4v) is 8.89. The molecule has 0 unspecified atom stereocenters. The van der Waals surface area contributed by atoms with E-state index in [1.54, 1.807) is 0 Å². The number of ether oxygens (including phenoxy) is 8. The van der Waals surface area contributed by atoms with Crippen LogP contribution in [-0.4, -0.2) is 294 Å². The Morgan fingerprint density at radius 3 is 1.64 bits per heavy atom. The van der Waals surface area contributed by atoms with Gasteiger partial charge in [-0.2, -0.15) is 0 Å². The fraction of sp³-hybridized carbons (Fsp3) is 0.870. The summed E-state index contributed by atoms with van der Waals surface area (Å²) in [6.45, 7) is -2.95. The molecule has 14 N–H and O–H groups in total. The molecule has 5 aliphatic rings. The molecule has 0 bridgehead atoms. The van der Waals surface area contributed by atoms with Crippen molar-refractivity contribution in [1.82, 2.24) is 15.3 Å². The van der Waals surface area contributed by atoms with Crippen molar-refractivity contribution < 1.29 is 138 Å². The lowest BCUT2D eigenvalue weighted by molar-refractivity contribution is -0.366. The van der Waals surface area contributed by atoms with E-state index in [-0.39, 0.29) is 70.5 Å². The van der Waals surface area contributed by atoms with Crippen LogP contribution in [0.15, 0.2) is 0 Å². The number of Topliss-reactive ketones (excluding diaryl/α,β-unsaturated/α-hetero) is 2. The van der Waals surface area contributed by atoms with Crippen molar-refractivity contribution in [2.24, 2.45) is 0 Å². The van der Waals surface area contributed by atoms with E-state index >= 15 is 0 Å². The third-order valence-electron chi connectivity index (χ3n) is 13.4. The minimum absolute atomic E-state index is 0.0337. The number of aliphatic hydroxyl groups excluding tert-OH is 13. The van der Waals surface area contributed by atoms with Crippen molar-refractivity contribution >= 4 is 35.3 Å². The Kier molecular flexibility index (Phi) is 25.9. The van der Waals surface area contributed by atoms with Gasteiger partial charge < -0.3 is 114 Å². The van der Waals surface area contributed by atoms with Crippen LogP contribution in [0.4, 0.5) is 0 Å². The molecule has 442 valence electrons. The number of imide groups is 1. The van der Waals surface area contributed by atoms with Crippen LogP contribution in [0, 0.1) is 0 Å². The van der Waals surface area contributed by atoms with Crippen LogP contribution in [-0.2, 0) is 71.5 Å². The number of aliphatic hydroxyl groups is 13. The van der Waals surface area contributed by atoms with Crippen molar-refractivity contribution in [3.63, 3.8) is 0 Å². The smallest absolute Gasteiger partial charge is 0.333 e. The van der Waals surface area contributed by atoms with E-state index in [1.165, 1.54) is 11.8 Å². The van der Waals surface area contributed by atoms with Gasteiger partial charge in [0.1, 0.15) is 103 Å². The van der Waals surface area contributed by atoms with Gasteiger partial charge in [-0.1, -0.05) is 12.8 Å². The van der Waals surface area contributed by atoms with Crippen molar-refractivity contribution in [2.45, 2.75) is 194 Å². The van der Waals surface area contributed by atoms with Crippen LogP contribution in [0.25, 0.3) is 0 Å². The van der Waals surface area contributed by atoms with Gasteiger partial charge in [-0.05, 0) is 26.2 Å². The topological polar surface area (TPSA) is 467 Å². The summed E-state index contributed by atoms with van der Waals surface area (Å²) in [5.74, 6) is -3.40. The molecule has 5 fully saturated rings. The standard InChI is InChI=1S/C46H75N3O28/c1-21-31(58)35(62)38(65)43(72-21)69-13-6-8-23(53)16-48(15-22(52)7-4-2-3-5-9-30(57)77-49-28(55)10-11-29(49)56)17-27(54)47-12-14-70-45-41(68)42(76-46-40(67)37(64)33(60)25(19-51)74-46)34(61)26(75-45)20-71-44-39(66)36(63)32(59)24(18-50)73-44/h21,24-26,31-46,50-51,58-68H,2-20H2,1H3,(H,47,54)/t21-,24+,25+,26+,31+,32+,33+,34+,35+,36-,37-,38-,39-,40-,41-,42-,43+,44-,45-,46+/m0/s1. The molecule has 5 rings (SSSR count). The number of hydrogen-bond donors (Lipinski definition) is 14. The molecule has 0 spiro atoms. The normalized spacial score (nSPS) is 36.8. The van der Waals surface area contributed by atoms with E-state index in [0.717, 1.165) is 0 Å². The lowest BCUT2D eigenvalue weighted by atomic mass is 9.96. The molecule has 0 aromatic rings. The van der Waals surface area contributed by atoms with Crippen molar-refractivity contribution in [3.8, 4) is 0 Å². The van der Waals surface area contributed by atoms with E-state index in [4.69, 9.17) is 42.7 Å². The lowest BCUT2D eigenvalue weighted by Crippen LogP contribution is -2.65. The Bertz CT molecular complexity index is 1890. The molecule has 20 atom stereocenters. The highest BCUT2D eigenvalue weighted by Gasteiger charge is 2.52. The first-order valence-electron chi connectivity index (χ1n) is 25.5. The van der Waals surface area contributed by atoms with Crippen molar-refractivity contribution in [1.29, 1.82) is 0 Å². The highest BCUT2D eigenvalue weighted by molar-refractivity contribution is 6.01. The van der Waals surface area contributed by atoms with Crippen LogP contribution < -0.4 is 5.32 Å². The molecule has 5 aliphatic heterocycles. The number of carbonyl (C=O) groups excluding carboxylic acids is 6. The Morgan fingerprint density at radius 2 is 1.04 bits per heavy atom. The highest BCUT2D eigenvalue weighted by Crippen LogP contribution is 2.31. The predicted octanol–water partition coefficient (Wildman–Crippen LogP) is -8.42. The quantitative estimate of drug-likeness (QED) is 0.0235. The zero-order chi connectivity index (χ0) is 56.7. The van der Waals surface area contributed by atoms with Crippen molar-refractivity contribution in [3.05, 3.63) is 0 Å². The number of ketones is 2. The van der Waals surface area contributed by atoms with Gasteiger partial charge in [0.05, 0.1) is 58.8 Å². The number of unbranched alkanes of at least 4 members (excludes halogenated alkanes) is 3. The zero-order valence-corrected chi connectivity index (χ0v) is 42.3. The SMILES string of the molecule is C[C@@H]1O[C@@H](OCCCC(=O)CN(CC(=O)CCCCCCC(=O)ON2C(=O)CCC2=O)CC(=O)NCCO[C@H]2O[C@H](CO[C@H]3O[C@H](CO)[C@@H](O)[C@H](O)[C@@H]3O)[C@@H](O)[C@H](O[C@H]3O[C@H](CO)[C@@H](O)[C@H](O)[C@@H]3O)[C@@H]2O)[C@@H](O)[C@H](O)[C@@H]1O. The van der Waals surface area contributed by atoms with Crippen LogP contribution in [0.1, 0.15) is 71.1 Å². The predicted molar refractivity (Wildman–Crippen MR) is 247 cm³/mol. The lowest BCUT2D eigenvalue weighted by Gasteiger charge is -2.46. The maximum Gasteiger partial charge on any atom is 0.333 e. The summed E-state index contributed by atoms with van der Waals surface area (Å²) < 4.78 is 44.4. The number of carbonyl (C=O) groups is 6. The molecule has 0 radical (unpaired) electrons. The maximum absolute atomic E-state index is 13.3. The van der Waals surface area contributed by atoms with Gasteiger partial charge in [-0.15, -0.1) is 5.06 Å². The van der Waals surface area contributed by atoms with Gasteiger partial charge in [0.2, 0.25) is 5.91 Å². The third-order valence-corrected chi connectivity index (χ3v) is 13.4. The Morgan fingerprint density at radius 1 is 0.545 bits per heavy atom. The summed E-state index contributed by atoms with van der Waals surface area (Å²) in [7, 11) is 0. The number of hydrogen-bond acceptors (Lipinski definition) is 29. The Balaban J connectivity index is 1.15. The van der Waals surface area contributed by atoms with E-state index < -0.39 is 185 Å². The fourth-order valence-electron chi connectivity index (χ4n) is 8.89. The Labute approximate surface area is 440 Å².